The predicted molar refractivity (Wildman–Crippen MR) is 84.5 cm³/mol. The molecule has 3 nitrogen and oxygen atoms in total. The Morgan fingerprint density at radius 1 is 1.15 bits per heavy atom. The minimum atomic E-state index is -0.0886. The van der Waals surface area contributed by atoms with Crippen LogP contribution in [0.2, 0.25) is 0 Å². The lowest BCUT2D eigenvalue weighted by molar-refractivity contribution is 0.259. The molecule has 3 heteroatoms. The number of hydrogen-bond acceptors (Lipinski definition) is 3. The van der Waals surface area contributed by atoms with E-state index in [2.05, 4.69) is 48.7 Å². The van der Waals surface area contributed by atoms with E-state index in [1.807, 2.05) is 18.2 Å². The molecule has 0 heterocycles. The van der Waals surface area contributed by atoms with Gasteiger partial charge in [0.25, 0.3) is 0 Å². The van der Waals surface area contributed by atoms with Crippen LogP contribution in [0.4, 0.5) is 0 Å². The molecule has 1 aromatic carbocycles. The van der Waals surface area contributed by atoms with Gasteiger partial charge in [0.05, 0.1) is 0 Å². The Balaban J connectivity index is 2.64. The lowest BCUT2D eigenvalue weighted by Crippen LogP contribution is -2.27. The van der Waals surface area contributed by atoms with E-state index >= 15 is 0 Å². The lowest BCUT2D eigenvalue weighted by atomic mass is 10.1. The second-order valence-electron chi connectivity index (χ2n) is 5.14. The molecular formula is C17H26N2O. The van der Waals surface area contributed by atoms with Crippen molar-refractivity contribution in [2.75, 3.05) is 40.3 Å². The average molecular weight is 274 g/mol. The summed E-state index contributed by atoms with van der Waals surface area (Å²) < 4.78 is 0. The smallest absolute Gasteiger partial charge is 0.104 e. The van der Waals surface area contributed by atoms with E-state index in [1.54, 1.807) is 0 Å². The quantitative estimate of drug-likeness (QED) is 0.768. The summed E-state index contributed by atoms with van der Waals surface area (Å²) in [6.45, 7) is 6.26. The molecule has 0 amide bonds. The van der Waals surface area contributed by atoms with E-state index in [9.17, 15) is 0 Å². The molecule has 0 saturated heterocycles. The monoisotopic (exact) mass is 274 g/mol. The van der Waals surface area contributed by atoms with Crippen molar-refractivity contribution in [3.8, 4) is 11.8 Å². The van der Waals surface area contributed by atoms with Crippen molar-refractivity contribution < 1.29 is 5.11 Å². The Hall–Kier alpha value is -1.34. The first-order chi connectivity index (χ1) is 9.67. The molecule has 0 aliphatic carbocycles. The van der Waals surface area contributed by atoms with Gasteiger partial charge in [0.2, 0.25) is 0 Å². The molecule has 1 N–H and O–H groups in total. The number of benzene rings is 1. The topological polar surface area (TPSA) is 26.7 Å². The molecule has 0 atom stereocenters. The van der Waals surface area contributed by atoms with Gasteiger partial charge in [0.1, 0.15) is 6.61 Å². The maximum absolute atomic E-state index is 8.83. The van der Waals surface area contributed by atoms with Gasteiger partial charge in [-0.3, -0.25) is 4.90 Å². The minimum absolute atomic E-state index is 0.0886. The van der Waals surface area contributed by atoms with Gasteiger partial charge in [0, 0.05) is 12.1 Å². The van der Waals surface area contributed by atoms with Gasteiger partial charge in [0.15, 0.2) is 0 Å². The molecule has 1 rings (SSSR count). The highest BCUT2D eigenvalue weighted by molar-refractivity contribution is 5.41. The maximum Gasteiger partial charge on any atom is 0.104 e. The van der Waals surface area contributed by atoms with E-state index in [-0.39, 0.29) is 6.61 Å². The van der Waals surface area contributed by atoms with Crippen LogP contribution in [0.25, 0.3) is 0 Å². The molecule has 1 aromatic rings. The average Bonchev–Trinajstić information content (AvgIpc) is 2.44. The Labute approximate surface area is 123 Å². The van der Waals surface area contributed by atoms with Crippen molar-refractivity contribution in [2.45, 2.75) is 19.9 Å². The summed E-state index contributed by atoms with van der Waals surface area (Å²) >= 11 is 0. The number of rotatable bonds is 7. The Kier molecular flexibility index (Phi) is 7.98. The molecule has 0 aliphatic rings. The molecule has 110 valence electrons. The molecule has 0 aliphatic heterocycles. The van der Waals surface area contributed by atoms with E-state index in [0.29, 0.717) is 0 Å². The van der Waals surface area contributed by atoms with Crippen molar-refractivity contribution in [1.82, 2.24) is 9.80 Å². The van der Waals surface area contributed by atoms with E-state index in [0.717, 1.165) is 31.7 Å². The van der Waals surface area contributed by atoms with Crippen LogP contribution in [0.3, 0.4) is 0 Å². The van der Waals surface area contributed by atoms with Crippen molar-refractivity contribution in [3.63, 3.8) is 0 Å². The van der Waals surface area contributed by atoms with E-state index in [4.69, 9.17) is 5.11 Å². The normalized spacial score (nSPS) is 10.7. The molecular weight excluding hydrogens is 248 g/mol. The second kappa shape index (κ2) is 9.55. The molecule has 0 radical (unpaired) electrons. The number of hydrogen-bond donors (Lipinski definition) is 1. The third kappa shape index (κ3) is 6.21. The van der Waals surface area contributed by atoms with Crippen molar-refractivity contribution >= 4 is 0 Å². The number of aliphatic hydroxyl groups is 1. The lowest BCUT2D eigenvalue weighted by Gasteiger charge is -2.22. The summed E-state index contributed by atoms with van der Waals surface area (Å²) in [6.07, 6.45) is 1.17. The molecule has 20 heavy (non-hydrogen) atoms. The predicted octanol–water partition coefficient (Wildman–Crippen LogP) is 1.80. The van der Waals surface area contributed by atoms with Crippen LogP contribution >= 0.6 is 0 Å². The van der Waals surface area contributed by atoms with Crippen LogP contribution in [-0.2, 0) is 6.54 Å². The highest BCUT2D eigenvalue weighted by Gasteiger charge is 2.06. The van der Waals surface area contributed by atoms with Crippen LogP contribution in [0.5, 0.6) is 0 Å². The van der Waals surface area contributed by atoms with Gasteiger partial charge in [-0.05, 0) is 51.8 Å². The summed E-state index contributed by atoms with van der Waals surface area (Å²) in [5, 5.41) is 8.83. The van der Waals surface area contributed by atoms with Gasteiger partial charge in [-0.2, -0.15) is 0 Å². The fourth-order valence-corrected chi connectivity index (χ4v) is 2.12. The molecule has 0 fully saturated rings. The molecule has 0 unspecified atom stereocenters. The molecule has 0 bridgehead atoms. The largest absolute Gasteiger partial charge is 0.384 e. The van der Waals surface area contributed by atoms with Crippen LogP contribution in [-0.4, -0.2) is 55.2 Å². The fourth-order valence-electron chi connectivity index (χ4n) is 2.12. The Morgan fingerprint density at radius 3 is 2.55 bits per heavy atom. The third-order valence-electron chi connectivity index (χ3n) is 3.24. The van der Waals surface area contributed by atoms with Crippen LogP contribution < -0.4 is 0 Å². The van der Waals surface area contributed by atoms with Crippen molar-refractivity contribution in [1.29, 1.82) is 0 Å². The zero-order valence-corrected chi connectivity index (χ0v) is 12.9. The maximum atomic E-state index is 8.83. The van der Waals surface area contributed by atoms with Gasteiger partial charge < -0.3 is 10.0 Å². The van der Waals surface area contributed by atoms with E-state index in [1.165, 1.54) is 12.0 Å². The Morgan fingerprint density at radius 2 is 1.90 bits per heavy atom. The number of nitrogens with zero attached hydrogens (tertiary/aromatic N) is 2. The van der Waals surface area contributed by atoms with Gasteiger partial charge in [-0.1, -0.05) is 37.0 Å². The highest BCUT2D eigenvalue weighted by Crippen LogP contribution is 2.11. The second-order valence-corrected chi connectivity index (χ2v) is 5.14. The summed E-state index contributed by atoms with van der Waals surface area (Å²) in [5.41, 5.74) is 2.26. The summed E-state index contributed by atoms with van der Waals surface area (Å²) in [4.78, 5) is 4.65. The van der Waals surface area contributed by atoms with Crippen LogP contribution in [0.1, 0.15) is 24.5 Å². The SMILES string of the molecule is CCN(CCCN(C)C)Cc1ccccc1C#CCO. The first-order valence-corrected chi connectivity index (χ1v) is 7.22. The first kappa shape index (κ1) is 16.7. The van der Waals surface area contributed by atoms with Crippen LogP contribution in [0.15, 0.2) is 24.3 Å². The fraction of sp³-hybridized carbons (Fsp3) is 0.529. The zero-order valence-electron chi connectivity index (χ0n) is 12.9. The van der Waals surface area contributed by atoms with Gasteiger partial charge in [-0.25, -0.2) is 0 Å². The van der Waals surface area contributed by atoms with Gasteiger partial charge in [-0.15, -0.1) is 0 Å². The molecule has 0 aromatic heterocycles. The Bertz CT molecular complexity index is 446. The molecule has 0 spiro atoms. The van der Waals surface area contributed by atoms with Crippen LogP contribution in [0, 0.1) is 11.8 Å². The van der Waals surface area contributed by atoms with E-state index < -0.39 is 0 Å². The highest BCUT2D eigenvalue weighted by atomic mass is 16.2. The summed E-state index contributed by atoms with van der Waals surface area (Å²) in [7, 11) is 4.21. The third-order valence-corrected chi connectivity index (χ3v) is 3.24. The molecule has 0 saturated carbocycles. The standard InChI is InChI=1S/C17H26N2O/c1-4-19(13-8-12-18(2)3)15-17-10-6-5-9-16(17)11-7-14-20/h5-6,9-10,20H,4,8,12-15H2,1-3H3. The minimum Gasteiger partial charge on any atom is -0.384 e. The van der Waals surface area contributed by atoms with Crippen molar-refractivity contribution in [3.05, 3.63) is 35.4 Å². The van der Waals surface area contributed by atoms with Gasteiger partial charge >= 0.3 is 0 Å². The summed E-state index contributed by atoms with van der Waals surface area (Å²) in [5.74, 6) is 5.77. The first-order valence-electron chi connectivity index (χ1n) is 7.22. The van der Waals surface area contributed by atoms with Crippen molar-refractivity contribution in [2.24, 2.45) is 0 Å². The zero-order chi connectivity index (χ0) is 14.8. The summed E-state index contributed by atoms with van der Waals surface area (Å²) in [6, 6.07) is 8.18. The number of aliphatic hydroxyl groups excluding tert-OH is 1.